The Morgan fingerprint density at radius 3 is 3.00 bits per heavy atom. The first-order valence-corrected chi connectivity index (χ1v) is 4.72. The molecule has 0 saturated carbocycles. The molecule has 1 heterocycles. The summed E-state index contributed by atoms with van der Waals surface area (Å²) in [7, 11) is 0. The number of nitrogens with one attached hydrogen (secondary N) is 1. The Labute approximate surface area is 82.3 Å². The first kappa shape index (κ1) is 9.09. The highest BCUT2D eigenvalue weighted by Gasteiger charge is 2.05. The Bertz CT molecular complexity index is 434. The Morgan fingerprint density at radius 1 is 1.43 bits per heavy atom. The monoisotopic (exact) mass is 191 g/mol. The van der Waals surface area contributed by atoms with Crippen LogP contribution in [-0.4, -0.2) is 11.7 Å². The molecule has 3 heteroatoms. The maximum atomic E-state index is 9.50. The molecule has 2 N–H and O–H groups in total. The summed E-state index contributed by atoms with van der Waals surface area (Å²) in [5, 5.41) is 13.6. The van der Waals surface area contributed by atoms with E-state index in [9.17, 15) is 5.11 Å². The lowest BCUT2D eigenvalue weighted by atomic mass is 10.2. The van der Waals surface area contributed by atoms with Crippen LogP contribution in [0.1, 0.15) is 12.7 Å². The van der Waals surface area contributed by atoms with Gasteiger partial charge in [0.25, 0.3) is 0 Å². The van der Waals surface area contributed by atoms with Crippen LogP contribution in [0.5, 0.6) is 5.75 Å². The molecule has 0 spiro atoms. The van der Waals surface area contributed by atoms with Crippen LogP contribution >= 0.6 is 0 Å². The molecule has 0 atom stereocenters. The summed E-state index contributed by atoms with van der Waals surface area (Å²) >= 11 is 0. The zero-order valence-electron chi connectivity index (χ0n) is 8.08. The van der Waals surface area contributed by atoms with E-state index in [4.69, 9.17) is 4.42 Å². The molecule has 0 radical (unpaired) electrons. The highest BCUT2D eigenvalue weighted by Crippen LogP contribution is 2.27. The van der Waals surface area contributed by atoms with Gasteiger partial charge in [-0.25, -0.2) is 0 Å². The SMILES string of the molecule is CCNCc1cc2cccc(O)c2o1. The summed E-state index contributed by atoms with van der Waals surface area (Å²) < 4.78 is 5.49. The molecular weight excluding hydrogens is 178 g/mol. The third-order valence-electron chi connectivity index (χ3n) is 2.12. The van der Waals surface area contributed by atoms with Crippen LogP contribution in [-0.2, 0) is 6.54 Å². The number of para-hydroxylation sites is 1. The first-order chi connectivity index (χ1) is 6.81. The lowest BCUT2D eigenvalue weighted by Crippen LogP contribution is -2.10. The van der Waals surface area contributed by atoms with Crippen molar-refractivity contribution in [2.45, 2.75) is 13.5 Å². The number of aromatic hydroxyl groups is 1. The van der Waals surface area contributed by atoms with Gasteiger partial charge in [0.15, 0.2) is 11.3 Å². The summed E-state index contributed by atoms with van der Waals surface area (Å²) in [6.07, 6.45) is 0. The van der Waals surface area contributed by atoms with Crippen molar-refractivity contribution in [3.05, 3.63) is 30.0 Å². The third-order valence-corrected chi connectivity index (χ3v) is 2.12. The minimum absolute atomic E-state index is 0.199. The number of hydrogen-bond acceptors (Lipinski definition) is 3. The van der Waals surface area contributed by atoms with Crippen molar-refractivity contribution >= 4 is 11.0 Å². The van der Waals surface area contributed by atoms with E-state index < -0.39 is 0 Å². The molecule has 0 fully saturated rings. The summed E-state index contributed by atoms with van der Waals surface area (Å²) in [6, 6.07) is 7.30. The van der Waals surface area contributed by atoms with Gasteiger partial charge < -0.3 is 14.8 Å². The van der Waals surface area contributed by atoms with Crippen molar-refractivity contribution in [1.29, 1.82) is 0 Å². The smallest absolute Gasteiger partial charge is 0.175 e. The number of fused-ring (bicyclic) bond motifs is 1. The second-order valence-electron chi connectivity index (χ2n) is 3.19. The molecule has 3 nitrogen and oxygen atoms in total. The zero-order chi connectivity index (χ0) is 9.97. The minimum Gasteiger partial charge on any atom is -0.504 e. The lowest BCUT2D eigenvalue weighted by Gasteiger charge is -1.95. The molecule has 0 unspecified atom stereocenters. The Kier molecular flexibility index (Phi) is 2.41. The molecule has 0 amide bonds. The number of rotatable bonds is 3. The second kappa shape index (κ2) is 3.72. The molecule has 0 aliphatic rings. The Morgan fingerprint density at radius 2 is 2.29 bits per heavy atom. The fourth-order valence-corrected chi connectivity index (χ4v) is 1.44. The van der Waals surface area contributed by atoms with Crippen LogP contribution in [0.3, 0.4) is 0 Å². The Balaban J connectivity index is 2.36. The van der Waals surface area contributed by atoms with Gasteiger partial charge in [-0.3, -0.25) is 0 Å². The molecule has 1 aromatic carbocycles. The van der Waals surface area contributed by atoms with Crippen molar-refractivity contribution in [1.82, 2.24) is 5.32 Å². The number of furan rings is 1. The highest BCUT2D eigenvalue weighted by molar-refractivity contribution is 5.83. The lowest BCUT2D eigenvalue weighted by molar-refractivity contribution is 0.453. The predicted octanol–water partition coefficient (Wildman–Crippen LogP) is 2.25. The van der Waals surface area contributed by atoms with Crippen molar-refractivity contribution in [3.63, 3.8) is 0 Å². The highest BCUT2D eigenvalue weighted by atomic mass is 16.4. The van der Waals surface area contributed by atoms with Crippen LogP contribution < -0.4 is 5.32 Å². The van der Waals surface area contributed by atoms with Gasteiger partial charge in [-0.15, -0.1) is 0 Å². The van der Waals surface area contributed by atoms with E-state index in [-0.39, 0.29) is 5.75 Å². The average molecular weight is 191 g/mol. The normalized spacial score (nSPS) is 10.9. The third kappa shape index (κ3) is 1.59. The summed E-state index contributed by atoms with van der Waals surface area (Å²) in [5.74, 6) is 1.05. The number of phenols is 1. The summed E-state index contributed by atoms with van der Waals surface area (Å²) in [4.78, 5) is 0. The zero-order valence-corrected chi connectivity index (χ0v) is 8.08. The first-order valence-electron chi connectivity index (χ1n) is 4.72. The molecule has 2 rings (SSSR count). The van der Waals surface area contributed by atoms with Gasteiger partial charge in [-0.1, -0.05) is 19.1 Å². The van der Waals surface area contributed by atoms with Crippen molar-refractivity contribution < 1.29 is 9.52 Å². The van der Waals surface area contributed by atoms with Crippen LogP contribution in [0.15, 0.2) is 28.7 Å². The molecule has 14 heavy (non-hydrogen) atoms. The molecular formula is C11H13NO2. The number of hydrogen-bond donors (Lipinski definition) is 2. The van der Waals surface area contributed by atoms with Gasteiger partial charge in [0, 0.05) is 5.39 Å². The summed E-state index contributed by atoms with van der Waals surface area (Å²) in [5.41, 5.74) is 0.570. The molecule has 0 saturated heterocycles. The topological polar surface area (TPSA) is 45.4 Å². The molecule has 2 aromatic rings. The largest absolute Gasteiger partial charge is 0.504 e. The van der Waals surface area contributed by atoms with E-state index in [2.05, 4.69) is 5.32 Å². The Hall–Kier alpha value is -1.48. The van der Waals surface area contributed by atoms with Crippen LogP contribution in [0, 0.1) is 0 Å². The molecule has 0 bridgehead atoms. The fraction of sp³-hybridized carbons (Fsp3) is 0.273. The molecule has 74 valence electrons. The predicted molar refractivity (Wildman–Crippen MR) is 55.3 cm³/mol. The van der Waals surface area contributed by atoms with Crippen LogP contribution in [0.4, 0.5) is 0 Å². The van der Waals surface area contributed by atoms with E-state index in [1.807, 2.05) is 25.1 Å². The number of benzene rings is 1. The van der Waals surface area contributed by atoms with E-state index in [1.54, 1.807) is 6.07 Å². The average Bonchev–Trinajstić information content (AvgIpc) is 2.59. The number of phenolic OH excluding ortho intramolecular Hbond substituents is 1. The standard InChI is InChI=1S/C11H13NO2/c1-2-12-7-9-6-8-4-3-5-10(13)11(8)14-9/h3-6,12-13H,2,7H2,1H3. The fourth-order valence-electron chi connectivity index (χ4n) is 1.44. The van der Waals surface area contributed by atoms with Crippen molar-refractivity contribution in [2.75, 3.05) is 6.54 Å². The maximum Gasteiger partial charge on any atom is 0.175 e. The van der Waals surface area contributed by atoms with E-state index >= 15 is 0 Å². The van der Waals surface area contributed by atoms with Crippen LogP contribution in [0.2, 0.25) is 0 Å². The van der Waals surface area contributed by atoms with Gasteiger partial charge >= 0.3 is 0 Å². The van der Waals surface area contributed by atoms with Crippen LogP contribution in [0.25, 0.3) is 11.0 Å². The van der Waals surface area contributed by atoms with Gasteiger partial charge in [-0.05, 0) is 18.7 Å². The van der Waals surface area contributed by atoms with Gasteiger partial charge in [0.05, 0.1) is 6.54 Å². The van der Waals surface area contributed by atoms with E-state index in [0.717, 1.165) is 17.7 Å². The molecule has 1 aromatic heterocycles. The van der Waals surface area contributed by atoms with Gasteiger partial charge in [0.1, 0.15) is 5.76 Å². The van der Waals surface area contributed by atoms with Gasteiger partial charge in [-0.2, -0.15) is 0 Å². The van der Waals surface area contributed by atoms with Crippen molar-refractivity contribution in [3.8, 4) is 5.75 Å². The maximum absolute atomic E-state index is 9.50. The molecule has 0 aliphatic heterocycles. The van der Waals surface area contributed by atoms with E-state index in [1.165, 1.54) is 0 Å². The molecule has 0 aliphatic carbocycles. The van der Waals surface area contributed by atoms with Gasteiger partial charge in [0.2, 0.25) is 0 Å². The quantitative estimate of drug-likeness (QED) is 0.782. The summed E-state index contributed by atoms with van der Waals surface area (Å²) in [6.45, 7) is 3.65. The van der Waals surface area contributed by atoms with E-state index in [0.29, 0.717) is 12.1 Å². The minimum atomic E-state index is 0.199. The van der Waals surface area contributed by atoms with Crippen molar-refractivity contribution in [2.24, 2.45) is 0 Å². The second-order valence-corrected chi connectivity index (χ2v) is 3.19.